The van der Waals surface area contributed by atoms with E-state index in [2.05, 4.69) is 0 Å². The number of aliphatic hydroxyl groups excluding tert-OH is 1. The number of carbonyl (C=O) groups excluding carboxylic acids is 3. The van der Waals surface area contributed by atoms with Crippen molar-refractivity contribution in [2.24, 2.45) is 11.8 Å². The van der Waals surface area contributed by atoms with Gasteiger partial charge in [-0.3, -0.25) is 14.4 Å². The lowest BCUT2D eigenvalue weighted by molar-refractivity contribution is -0.139. The van der Waals surface area contributed by atoms with Crippen molar-refractivity contribution in [2.75, 3.05) is 36.0 Å². The van der Waals surface area contributed by atoms with E-state index < -0.39 is 22.6 Å². The maximum atomic E-state index is 14.4. The van der Waals surface area contributed by atoms with Gasteiger partial charge in [0.25, 0.3) is 5.91 Å². The topological polar surface area (TPSA) is 81.2 Å². The third-order valence-electron chi connectivity index (χ3n) is 8.03. The van der Waals surface area contributed by atoms with Crippen LogP contribution in [0.15, 0.2) is 72.8 Å². The van der Waals surface area contributed by atoms with Gasteiger partial charge < -0.3 is 19.8 Å². The average Bonchev–Trinajstić information content (AvgIpc) is 3.21. The SMILES string of the molecule is Cc1cccc(Cl)c1N1CC=C[C@]23S[C@H]4C=CCN(c5ccccc5)C(=O)[C@H]4[C@H]2C(=O)N(CCO)C3C1=O. The second-order valence-electron chi connectivity index (χ2n) is 10.1. The van der Waals surface area contributed by atoms with Crippen LogP contribution in [-0.2, 0) is 14.4 Å². The Balaban J connectivity index is 1.45. The summed E-state index contributed by atoms with van der Waals surface area (Å²) in [7, 11) is 0. The fourth-order valence-electron chi connectivity index (χ4n) is 6.49. The Hall–Kier alpha value is -3.07. The van der Waals surface area contributed by atoms with Crippen molar-refractivity contribution >= 4 is 52.5 Å². The van der Waals surface area contributed by atoms with Gasteiger partial charge in [-0.15, -0.1) is 11.8 Å². The average molecular weight is 550 g/mol. The molecule has 9 heteroatoms. The number of fused-ring (bicyclic) bond motifs is 2. The quantitative estimate of drug-likeness (QED) is 0.591. The summed E-state index contributed by atoms with van der Waals surface area (Å²) in [5.41, 5.74) is 2.24. The molecule has 1 N–H and O–H groups in total. The number of benzene rings is 2. The number of rotatable bonds is 4. The van der Waals surface area contributed by atoms with E-state index in [1.807, 2.05) is 73.7 Å². The Labute approximate surface area is 230 Å². The van der Waals surface area contributed by atoms with Crippen molar-refractivity contribution in [3.8, 4) is 0 Å². The summed E-state index contributed by atoms with van der Waals surface area (Å²) in [5, 5.41) is 10.1. The van der Waals surface area contributed by atoms with Crippen LogP contribution < -0.4 is 9.80 Å². The maximum absolute atomic E-state index is 14.4. The third-order valence-corrected chi connectivity index (χ3v) is 10.1. The summed E-state index contributed by atoms with van der Waals surface area (Å²) < 4.78 is -0.942. The number of hydrogen-bond acceptors (Lipinski definition) is 5. The third kappa shape index (κ3) is 3.65. The number of halogens is 1. The molecule has 7 nitrogen and oxygen atoms in total. The van der Waals surface area contributed by atoms with Crippen molar-refractivity contribution in [1.29, 1.82) is 0 Å². The van der Waals surface area contributed by atoms with E-state index in [0.29, 0.717) is 23.8 Å². The highest BCUT2D eigenvalue weighted by atomic mass is 35.5. The molecule has 0 aromatic heterocycles. The Morgan fingerprint density at radius 3 is 2.47 bits per heavy atom. The molecule has 3 amide bonds. The molecule has 1 spiro atoms. The zero-order valence-electron chi connectivity index (χ0n) is 20.9. The molecule has 2 fully saturated rings. The van der Waals surface area contributed by atoms with Gasteiger partial charge in [-0.05, 0) is 30.7 Å². The molecule has 1 unspecified atom stereocenters. The molecule has 38 heavy (non-hydrogen) atoms. The van der Waals surface area contributed by atoms with Gasteiger partial charge in [-0.25, -0.2) is 0 Å². The number of nitrogens with zero attached hydrogens (tertiary/aromatic N) is 3. The molecule has 0 aliphatic carbocycles. The standard InChI is InChI=1S/C29H28ClN3O4S/c1-18-8-5-11-20(30)24(18)32-15-7-13-29-23(27(36)33(16-17-34)25(29)28(32)37)22-21(38-29)12-6-14-31(26(22)35)19-9-3-2-4-10-19/h2-13,21-23,25,34H,14-17H2,1H3/t21-,22+,23-,25?,29-/m0/s1. The minimum Gasteiger partial charge on any atom is -0.395 e. The van der Waals surface area contributed by atoms with E-state index in [0.717, 1.165) is 11.3 Å². The van der Waals surface area contributed by atoms with Gasteiger partial charge in [-0.1, -0.05) is 66.2 Å². The Kier molecular flexibility index (Phi) is 6.37. The number of β-amino-alcohol motifs (C(OH)–C–C–N with tert-alkyl or cyclic N) is 1. The highest BCUT2D eigenvalue weighted by molar-refractivity contribution is 8.02. The summed E-state index contributed by atoms with van der Waals surface area (Å²) in [4.78, 5) is 47.4. The highest BCUT2D eigenvalue weighted by Gasteiger charge is 2.71. The lowest BCUT2D eigenvalue weighted by Crippen LogP contribution is -2.54. The van der Waals surface area contributed by atoms with Crippen LogP contribution in [0, 0.1) is 18.8 Å². The van der Waals surface area contributed by atoms with Gasteiger partial charge >= 0.3 is 0 Å². The molecule has 2 aromatic carbocycles. The zero-order valence-corrected chi connectivity index (χ0v) is 22.4. The lowest BCUT2D eigenvalue weighted by Gasteiger charge is -2.35. The second-order valence-corrected chi connectivity index (χ2v) is 12.0. The van der Waals surface area contributed by atoms with E-state index >= 15 is 0 Å². The number of para-hydroxylation sites is 2. The predicted octanol–water partition coefficient (Wildman–Crippen LogP) is 3.44. The Bertz CT molecular complexity index is 1340. The number of aliphatic hydroxyl groups is 1. The minimum absolute atomic E-state index is 0.0149. The first-order valence-electron chi connectivity index (χ1n) is 12.8. The van der Waals surface area contributed by atoms with Crippen molar-refractivity contribution in [3.05, 3.63) is 83.4 Å². The zero-order chi connectivity index (χ0) is 26.6. The normalized spacial score (nSPS) is 30.3. The van der Waals surface area contributed by atoms with Gasteiger partial charge in [0.2, 0.25) is 11.8 Å². The molecule has 0 radical (unpaired) electrons. The number of carbonyl (C=O) groups is 3. The summed E-state index contributed by atoms with van der Waals surface area (Å²) in [6.07, 6.45) is 7.88. The molecule has 6 rings (SSSR count). The fraction of sp³-hybridized carbons (Fsp3) is 0.345. The number of amides is 3. The maximum Gasteiger partial charge on any atom is 0.251 e. The van der Waals surface area contributed by atoms with Crippen LogP contribution in [0.25, 0.3) is 0 Å². The summed E-state index contributed by atoms with van der Waals surface area (Å²) in [5.74, 6) is -2.01. The summed E-state index contributed by atoms with van der Waals surface area (Å²) >= 11 is 8.09. The predicted molar refractivity (Wildman–Crippen MR) is 149 cm³/mol. The molecule has 4 heterocycles. The molecule has 2 saturated heterocycles. The van der Waals surface area contributed by atoms with E-state index in [1.54, 1.807) is 15.9 Å². The van der Waals surface area contributed by atoms with Crippen molar-refractivity contribution in [1.82, 2.24) is 4.90 Å². The molecule has 2 aromatic rings. The van der Waals surface area contributed by atoms with E-state index in [4.69, 9.17) is 11.6 Å². The number of aryl methyl sites for hydroxylation is 1. The van der Waals surface area contributed by atoms with Crippen LogP contribution in [0.3, 0.4) is 0 Å². The van der Waals surface area contributed by atoms with E-state index in [9.17, 15) is 19.5 Å². The van der Waals surface area contributed by atoms with E-state index in [-0.39, 0.29) is 36.1 Å². The van der Waals surface area contributed by atoms with Crippen LogP contribution in [0.1, 0.15) is 5.56 Å². The van der Waals surface area contributed by atoms with Gasteiger partial charge in [0, 0.05) is 30.6 Å². The first kappa shape index (κ1) is 25.2. The van der Waals surface area contributed by atoms with Crippen molar-refractivity contribution in [3.63, 3.8) is 0 Å². The van der Waals surface area contributed by atoms with Crippen LogP contribution >= 0.6 is 23.4 Å². The molecule has 196 valence electrons. The van der Waals surface area contributed by atoms with E-state index in [1.165, 1.54) is 16.7 Å². The minimum atomic E-state index is -0.942. The number of anilines is 2. The van der Waals surface area contributed by atoms with Gasteiger partial charge in [0.15, 0.2) is 0 Å². The monoisotopic (exact) mass is 549 g/mol. The first-order valence-corrected chi connectivity index (χ1v) is 14.0. The molecule has 5 atom stereocenters. The first-order chi connectivity index (χ1) is 18.4. The number of hydrogen-bond donors (Lipinski definition) is 1. The summed E-state index contributed by atoms with van der Waals surface area (Å²) in [6, 6.07) is 14.1. The molecule has 4 aliphatic rings. The Morgan fingerprint density at radius 2 is 1.74 bits per heavy atom. The van der Waals surface area contributed by atoms with Crippen LogP contribution in [0.2, 0.25) is 5.02 Å². The summed E-state index contributed by atoms with van der Waals surface area (Å²) in [6.45, 7) is 2.35. The van der Waals surface area contributed by atoms with Crippen LogP contribution in [-0.4, -0.2) is 70.0 Å². The number of likely N-dealkylation sites (tertiary alicyclic amines) is 1. The Morgan fingerprint density at radius 1 is 0.974 bits per heavy atom. The molecular formula is C29H28ClN3O4S. The molecular weight excluding hydrogens is 522 g/mol. The number of thioether (sulfide) groups is 1. The largest absolute Gasteiger partial charge is 0.395 e. The molecule has 0 saturated carbocycles. The van der Waals surface area contributed by atoms with Crippen LogP contribution in [0.5, 0.6) is 0 Å². The highest BCUT2D eigenvalue weighted by Crippen LogP contribution is 2.61. The smallest absolute Gasteiger partial charge is 0.251 e. The van der Waals surface area contributed by atoms with Gasteiger partial charge in [0.05, 0.1) is 33.9 Å². The molecule has 4 aliphatic heterocycles. The van der Waals surface area contributed by atoms with Gasteiger partial charge in [0.1, 0.15) is 6.04 Å². The lowest BCUT2D eigenvalue weighted by atomic mass is 9.78. The van der Waals surface area contributed by atoms with Crippen molar-refractivity contribution in [2.45, 2.75) is 23.0 Å². The fourth-order valence-corrected chi connectivity index (χ4v) is 8.82. The molecule has 0 bridgehead atoms. The van der Waals surface area contributed by atoms with Gasteiger partial charge in [-0.2, -0.15) is 0 Å². The van der Waals surface area contributed by atoms with Crippen molar-refractivity contribution < 1.29 is 19.5 Å². The van der Waals surface area contributed by atoms with Crippen LogP contribution in [0.4, 0.5) is 11.4 Å². The second kappa shape index (κ2) is 9.59.